The van der Waals surface area contributed by atoms with Gasteiger partial charge in [0.15, 0.2) is 17.5 Å². The molecule has 0 spiro atoms. The van der Waals surface area contributed by atoms with E-state index < -0.39 is 0 Å². The number of rotatable bonds is 7. The van der Waals surface area contributed by atoms with E-state index in [2.05, 4.69) is 46.7 Å². The van der Waals surface area contributed by atoms with E-state index in [4.69, 9.17) is 19.2 Å². The van der Waals surface area contributed by atoms with Crippen molar-refractivity contribution in [2.45, 2.75) is 26.6 Å². The Hall–Kier alpha value is -2.77. The third kappa shape index (κ3) is 5.43. The molecule has 2 aliphatic rings. The van der Waals surface area contributed by atoms with Crippen molar-refractivity contribution in [1.29, 1.82) is 0 Å². The average Bonchev–Trinajstić information content (AvgIpc) is 3.25. The van der Waals surface area contributed by atoms with Crippen molar-refractivity contribution < 1.29 is 14.2 Å². The predicted octanol–water partition coefficient (Wildman–Crippen LogP) is 2.50. The van der Waals surface area contributed by atoms with Crippen LogP contribution >= 0.6 is 0 Å². The minimum absolute atomic E-state index is 0.288. The second-order valence-corrected chi connectivity index (χ2v) is 7.39. The number of ether oxygens (including phenoxy) is 3. The van der Waals surface area contributed by atoms with Gasteiger partial charge in [-0.1, -0.05) is 30.3 Å². The first-order valence-electron chi connectivity index (χ1n) is 10.6. The zero-order valence-electron chi connectivity index (χ0n) is 17.5. The molecule has 0 aromatic heterocycles. The molecule has 0 unspecified atom stereocenters. The van der Waals surface area contributed by atoms with Crippen molar-refractivity contribution in [3.05, 3.63) is 59.2 Å². The van der Waals surface area contributed by atoms with Crippen molar-refractivity contribution in [2.75, 3.05) is 39.6 Å². The molecule has 1 fully saturated rings. The second-order valence-electron chi connectivity index (χ2n) is 7.39. The van der Waals surface area contributed by atoms with Crippen LogP contribution in [0.1, 0.15) is 23.6 Å². The molecule has 0 atom stereocenters. The summed E-state index contributed by atoms with van der Waals surface area (Å²) in [4.78, 5) is 7.19. The van der Waals surface area contributed by atoms with E-state index in [-0.39, 0.29) is 6.79 Å². The van der Waals surface area contributed by atoms with E-state index in [0.717, 1.165) is 69.0 Å². The predicted molar refractivity (Wildman–Crippen MR) is 117 cm³/mol. The Bertz CT molecular complexity index is 865. The molecule has 0 bridgehead atoms. The standard InChI is InChI=1S/C23H30N4O3/c1-2-24-23(25-14-18-7-8-21-22(13-18)30-17-29-21)26-15-19-5-3-4-6-20(19)16-27-9-11-28-12-10-27/h3-8,13H,2,9-12,14-17H2,1H3,(H2,24,25,26). The van der Waals surface area contributed by atoms with E-state index in [1.165, 1.54) is 11.1 Å². The van der Waals surface area contributed by atoms with Crippen molar-refractivity contribution in [2.24, 2.45) is 4.99 Å². The second kappa shape index (κ2) is 10.3. The molecule has 1 saturated heterocycles. The molecule has 0 aliphatic carbocycles. The average molecular weight is 411 g/mol. The summed E-state index contributed by atoms with van der Waals surface area (Å²) in [5, 5.41) is 6.81. The summed E-state index contributed by atoms with van der Waals surface area (Å²) in [7, 11) is 0. The van der Waals surface area contributed by atoms with Gasteiger partial charge in [0.2, 0.25) is 6.79 Å². The lowest BCUT2D eigenvalue weighted by Gasteiger charge is -2.27. The van der Waals surface area contributed by atoms with Crippen LogP contribution in [0.25, 0.3) is 0 Å². The first-order chi connectivity index (χ1) is 14.8. The number of morpholine rings is 1. The molecule has 4 rings (SSSR count). The molecule has 2 aromatic rings. The lowest BCUT2D eigenvalue weighted by Crippen LogP contribution is -2.38. The van der Waals surface area contributed by atoms with Crippen LogP contribution in [-0.4, -0.2) is 50.5 Å². The summed E-state index contributed by atoms with van der Waals surface area (Å²) >= 11 is 0. The van der Waals surface area contributed by atoms with Gasteiger partial charge in [-0.05, 0) is 35.7 Å². The van der Waals surface area contributed by atoms with Crippen LogP contribution in [0.15, 0.2) is 47.5 Å². The van der Waals surface area contributed by atoms with Gasteiger partial charge in [0.25, 0.3) is 0 Å². The number of nitrogens with one attached hydrogen (secondary N) is 2. The number of guanidine groups is 1. The molecule has 7 heteroatoms. The fourth-order valence-electron chi connectivity index (χ4n) is 3.61. The van der Waals surface area contributed by atoms with Gasteiger partial charge in [-0.25, -0.2) is 4.99 Å². The first-order valence-corrected chi connectivity index (χ1v) is 10.6. The topological polar surface area (TPSA) is 67.4 Å². The minimum Gasteiger partial charge on any atom is -0.454 e. The van der Waals surface area contributed by atoms with E-state index in [1.54, 1.807) is 0 Å². The molecule has 30 heavy (non-hydrogen) atoms. The highest BCUT2D eigenvalue weighted by Gasteiger charge is 2.14. The zero-order valence-corrected chi connectivity index (χ0v) is 17.5. The highest BCUT2D eigenvalue weighted by atomic mass is 16.7. The summed E-state index contributed by atoms with van der Waals surface area (Å²) in [6, 6.07) is 14.6. The van der Waals surface area contributed by atoms with Crippen LogP contribution in [0.5, 0.6) is 11.5 Å². The van der Waals surface area contributed by atoms with Crippen LogP contribution < -0.4 is 20.1 Å². The molecular formula is C23H30N4O3. The Kier molecular flexibility index (Phi) is 7.05. The fraction of sp³-hybridized carbons (Fsp3) is 0.435. The van der Waals surface area contributed by atoms with Crippen LogP contribution in [0.4, 0.5) is 0 Å². The highest BCUT2D eigenvalue weighted by Crippen LogP contribution is 2.32. The molecule has 160 valence electrons. The van der Waals surface area contributed by atoms with Gasteiger partial charge in [-0.2, -0.15) is 0 Å². The zero-order chi connectivity index (χ0) is 20.6. The van der Waals surface area contributed by atoms with Gasteiger partial charge in [0.05, 0.1) is 19.8 Å². The molecule has 2 aliphatic heterocycles. The van der Waals surface area contributed by atoms with Gasteiger partial charge < -0.3 is 24.8 Å². The van der Waals surface area contributed by atoms with E-state index in [1.807, 2.05) is 18.2 Å². The molecule has 7 nitrogen and oxygen atoms in total. The number of benzene rings is 2. The van der Waals surface area contributed by atoms with Crippen LogP contribution in [-0.2, 0) is 24.4 Å². The maximum Gasteiger partial charge on any atom is 0.231 e. The lowest BCUT2D eigenvalue weighted by atomic mass is 10.1. The number of nitrogens with zero attached hydrogens (tertiary/aromatic N) is 2. The number of hydrogen-bond acceptors (Lipinski definition) is 5. The Morgan fingerprint density at radius 2 is 1.80 bits per heavy atom. The highest BCUT2D eigenvalue weighted by molar-refractivity contribution is 5.79. The smallest absolute Gasteiger partial charge is 0.231 e. The van der Waals surface area contributed by atoms with Crippen LogP contribution in [0, 0.1) is 0 Å². The first kappa shape index (κ1) is 20.5. The Morgan fingerprint density at radius 1 is 1.00 bits per heavy atom. The SMILES string of the molecule is CCNC(=NCc1ccc2c(c1)OCO2)NCc1ccccc1CN1CCOCC1. The van der Waals surface area contributed by atoms with Crippen LogP contribution in [0.3, 0.4) is 0 Å². The van der Waals surface area contributed by atoms with Gasteiger partial charge in [0, 0.05) is 32.7 Å². The molecule has 0 radical (unpaired) electrons. The van der Waals surface area contributed by atoms with Gasteiger partial charge in [-0.3, -0.25) is 4.90 Å². The Labute approximate surface area is 178 Å². The van der Waals surface area contributed by atoms with E-state index in [0.29, 0.717) is 6.54 Å². The van der Waals surface area contributed by atoms with Crippen LogP contribution in [0.2, 0.25) is 0 Å². The maximum atomic E-state index is 5.47. The van der Waals surface area contributed by atoms with Gasteiger partial charge in [0.1, 0.15) is 0 Å². The summed E-state index contributed by atoms with van der Waals surface area (Å²) in [5.41, 5.74) is 3.72. The van der Waals surface area contributed by atoms with Crippen molar-refractivity contribution in [3.63, 3.8) is 0 Å². The number of fused-ring (bicyclic) bond motifs is 1. The van der Waals surface area contributed by atoms with Gasteiger partial charge in [-0.15, -0.1) is 0 Å². The third-order valence-corrected chi connectivity index (χ3v) is 5.26. The van der Waals surface area contributed by atoms with Crippen molar-refractivity contribution in [3.8, 4) is 11.5 Å². The van der Waals surface area contributed by atoms with Gasteiger partial charge >= 0.3 is 0 Å². The number of hydrogen-bond donors (Lipinski definition) is 2. The molecule has 0 amide bonds. The fourth-order valence-corrected chi connectivity index (χ4v) is 3.61. The lowest BCUT2D eigenvalue weighted by molar-refractivity contribution is 0.0341. The third-order valence-electron chi connectivity index (χ3n) is 5.26. The molecule has 2 N–H and O–H groups in total. The van der Waals surface area contributed by atoms with E-state index >= 15 is 0 Å². The quantitative estimate of drug-likeness (QED) is 0.540. The number of aliphatic imine (C=N–C) groups is 1. The molecule has 0 saturated carbocycles. The monoisotopic (exact) mass is 410 g/mol. The normalized spacial score (nSPS) is 16.5. The maximum absolute atomic E-state index is 5.47. The van der Waals surface area contributed by atoms with Crippen molar-refractivity contribution >= 4 is 5.96 Å². The molecule has 2 aromatic carbocycles. The summed E-state index contributed by atoms with van der Waals surface area (Å²) in [6.45, 7) is 9.03. The summed E-state index contributed by atoms with van der Waals surface area (Å²) < 4.78 is 16.3. The largest absolute Gasteiger partial charge is 0.454 e. The Balaban J connectivity index is 1.38. The molecule has 2 heterocycles. The minimum atomic E-state index is 0.288. The Morgan fingerprint density at radius 3 is 2.63 bits per heavy atom. The summed E-state index contributed by atoms with van der Waals surface area (Å²) in [6.07, 6.45) is 0. The van der Waals surface area contributed by atoms with Crippen molar-refractivity contribution in [1.82, 2.24) is 15.5 Å². The van der Waals surface area contributed by atoms with E-state index in [9.17, 15) is 0 Å². The molecular weight excluding hydrogens is 380 g/mol. The summed E-state index contributed by atoms with van der Waals surface area (Å²) in [5.74, 6) is 2.39.